The zero-order chi connectivity index (χ0) is 27.0. The second-order valence-corrected chi connectivity index (χ2v) is 19.3. The van der Waals surface area contributed by atoms with Gasteiger partial charge in [0.25, 0.3) is 0 Å². The molecule has 0 aromatic heterocycles. The molecule has 0 aromatic rings. The van der Waals surface area contributed by atoms with Crippen LogP contribution in [-0.2, 0) is 28.9 Å². The van der Waals surface area contributed by atoms with E-state index in [1.165, 1.54) is 25.7 Å². The first-order valence-electron chi connectivity index (χ1n) is 9.80. The fraction of sp³-hybridized carbons (Fsp3) is 0.762. The van der Waals surface area contributed by atoms with E-state index < -0.39 is 32.8 Å². The van der Waals surface area contributed by atoms with E-state index in [1.807, 2.05) is 0 Å². The molecule has 1 saturated heterocycles. The van der Waals surface area contributed by atoms with Crippen molar-refractivity contribution in [2.75, 3.05) is 60.0 Å². The molecule has 1 fully saturated rings. The molecule has 2 rings (SSSR count). The Labute approximate surface area is 212 Å². The quantitative estimate of drug-likeness (QED) is 0.122. The third-order valence-electron chi connectivity index (χ3n) is 2.50. The molecule has 2 aliphatic rings. The third-order valence-corrected chi connectivity index (χ3v) is 5.48. The minimum absolute atomic E-state index is 0.380. The van der Waals surface area contributed by atoms with Gasteiger partial charge in [0.05, 0.1) is 0 Å². The van der Waals surface area contributed by atoms with Crippen LogP contribution in [0.3, 0.4) is 0 Å². The Kier molecular flexibility index (Phi) is 22.4. The predicted octanol–water partition coefficient (Wildman–Crippen LogP) is 8.85. The monoisotopic (exact) mass is 630 g/mol. The Morgan fingerprint density at radius 1 is 0.727 bits per heavy atom. The van der Waals surface area contributed by atoms with Crippen molar-refractivity contribution in [2.24, 2.45) is 0 Å². The summed E-state index contributed by atoms with van der Waals surface area (Å²) in [6.45, 7) is 20.1. The van der Waals surface area contributed by atoms with Crippen LogP contribution < -0.4 is 0 Å². The summed E-state index contributed by atoms with van der Waals surface area (Å²) in [6, 6.07) is 0. The van der Waals surface area contributed by atoms with Gasteiger partial charge in [-0.1, -0.05) is 24.3 Å². The van der Waals surface area contributed by atoms with Crippen molar-refractivity contribution in [3.63, 3.8) is 0 Å². The van der Waals surface area contributed by atoms with Crippen LogP contribution in [0.5, 0.6) is 0 Å². The van der Waals surface area contributed by atoms with Gasteiger partial charge in [0.15, 0.2) is 0 Å². The van der Waals surface area contributed by atoms with Crippen molar-refractivity contribution >= 4 is 27.5 Å². The molecule has 33 heavy (non-hydrogen) atoms. The maximum absolute atomic E-state index is 12.6. The molecule has 1 nitrogen and oxygen atoms in total. The summed E-state index contributed by atoms with van der Waals surface area (Å²) in [4.78, 5) is 5.45. The number of rotatable bonds is 1. The summed E-state index contributed by atoms with van der Waals surface area (Å²) in [6.07, 6.45) is 8.26. The number of carbonyl (C=O) groups excluding carboxylic acids is 1. The molecular weight excluding hydrogens is 593 g/mol. The Balaban J connectivity index is -0.000000384. The van der Waals surface area contributed by atoms with Crippen molar-refractivity contribution in [2.45, 2.75) is 41.4 Å². The second-order valence-electron chi connectivity index (χ2n) is 8.03. The van der Waals surface area contributed by atoms with Gasteiger partial charge in [-0.2, -0.15) is 0 Å². The summed E-state index contributed by atoms with van der Waals surface area (Å²) >= 11 is -0.191. The van der Waals surface area contributed by atoms with Crippen LogP contribution in [0.4, 0.5) is 31.1 Å². The first-order chi connectivity index (χ1) is 14.8. The van der Waals surface area contributed by atoms with Crippen LogP contribution in [0, 0.1) is 0 Å². The van der Waals surface area contributed by atoms with Gasteiger partial charge >= 0.3 is 79.4 Å². The fourth-order valence-electron chi connectivity index (χ4n) is 1.44. The molecule has 1 atom stereocenters. The van der Waals surface area contributed by atoms with E-state index in [9.17, 15) is 31.1 Å². The molecular formula is C21H39F6Ni2OP3. The van der Waals surface area contributed by atoms with E-state index >= 15 is 0 Å². The predicted molar refractivity (Wildman–Crippen MR) is 131 cm³/mol. The Morgan fingerprint density at radius 3 is 1.03 bits per heavy atom. The van der Waals surface area contributed by atoms with E-state index in [-0.39, 0.29) is 0 Å². The van der Waals surface area contributed by atoms with Gasteiger partial charge in [0.2, 0.25) is 0 Å². The van der Waals surface area contributed by atoms with Crippen molar-refractivity contribution in [1.82, 2.24) is 0 Å². The molecule has 0 N–H and O–H groups in total. The van der Waals surface area contributed by atoms with E-state index in [4.69, 9.17) is 0 Å². The molecule has 206 valence electrons. The minimum atomic E-state index is -5.74. The van der Waals surface area contributed by atoms with E-state index in [2.05, 4.69) is 99.8 Å². The normalized spacial score (nSPS) is 23.7. The van der Waals surface area contributed by atoms with Crippen LogP contribution in [0.15, 0.2) is 24.3 Å². The van der Waals surface area contributed by atoms with Crippen molar-refractivity contribution < 1.29 is 60.0 Å². The number of halogens is 6. The summed E-state index contributed by atoms with van der Waals surface area (Å²) in [5.74, 6) is 0. The van der Waals surface area contributed by atoms with Crippen LogP contribution in [-0.4, -0.2) is 79.4 Å². The van der Waals surface area contributed by atoms with Gasteiger partial charge in [-0.25, -0.2) is 0 Å². The molecule has 0 amide bonds. The van der Waals surface area contributed by atoms with Gasteiger partial charge in [-0.15, -0.1) is 23.8 Å². The number of hydrogen-bond acceptors (Lipinski definition) is 1. The number of allylic oxidation sites excluding steroid dienone is 4. The molecule has 0 spiro atoms. The molecule has 0 radical (unpaired) electrons. The third kappa shape index (κ3) is 18.9. The van der Waals surface area contributed by atoms with Crippen molar-refractivity contribution in [1.29, 1.82) is 0 Å². The summed E-state index contributed by atoms with van der Waals surface area (Å²) < 4.78 is 65.6. The first kappa shape index (κ1) is 38.5. The van der Waals surface area contributed by atoms with Gasteiger partial charge in [0.1, 0.15) is 0 Å². The molecule has 1 unspecified atom stereocenters. The van der Waals surface area contributed by atoms with Crippen molar-refractivity contribution in [3.8, 4) is 0 Å². The molecule has 0 bridgehead atoms. The van der Waals surface area contributed by atoms with E-state index in [1.54, 1.807) is 0 Å². The first-order valence-corrected chi connectivity index (χ1v) is 19.8. The van der Waals surface area contributed by atoms with Gasteiger partial charge < -0.3 is 0 Å². The SMILES string of the molecule is C1=C\CC/C=C\CC/1.CP(C)C.CP(C)C.CP(C)C.O=[C]([Ni])[Ni]1[C](F)(F)[C]1(F)C(F)(F)F. The van der Waals surface area contributed by atoms with E-state index in [0.717, 1.165) is 0 Å². The zero-order valence-corrected chi connectivity index (χ0v) is 25.4. The molecule has 1 aliphatic heterocycles. The second kappa shape index (κ2) is 19.2. The summed E-state index contributed by atoms with van der Waals surface area (Å²) in [5, 5.41) is 0. The topological polar surface area (TPSA) is 17.1 Å². The average molecular weight is 632 g/mol. The Bertz CT molecular complexity index is 536. The number of alkyl halides is 6. The number of carbonyl (C=O) groups is 1. The van der Waals surface area contributed by atoms with Crippen molar-refractivity contribution in [3.05, 3.63) is 24.3 Å². The maximum atomic E-state index is 12.6. The molecule has 1 heterocycles. The molecule has 0 aromatic carbocycles. The van der Waals surface area contributed by atoms with Gasteiger partial charge in [0, 0.05) is 0 Å². The zero-order valence-electron chi connectivity index (χ0n) is 20.8. The molecule has 1 aliphatic carbocycles. The van der Waals surface area contributed by atoms with Crippen LogP contribution in [0.25, 0.3) is 0 Å². The molecule has 12 heteroatoms. The Morgan fingerprint density at radius 2 is 0.939 bits per heavy atom. The number of hydrogen-bond donors (Lipinski definition) is 0. The van der Waals surface area contributed by atoms with Crippen LogP contribution in [0.1, 0.15) is 25.7 Å². The Hall–Kier alpha value is 1.01. The summed E-state index contributed by atoms with van der Waals surface area (Å²) in [5.41, 5.74) is 0. The fourth-order valence-corrected chi connectivity index (χ4v) is 3.95. The van der Waals surface area contributed by atoms with Gasteiger partial charge in [-0.3, -0.25) is 0 Å². The standard InChI is InChI=1S/C8H12.C3F6.3C3H9P.CO.2Ni/c1-2-4-6-8-7-5-3-1;4-1(2(5)6)3(7,8)9;3*1-4(2)3;1-2;;/h1-2,7-8H,3-6H2;;3*1-3H3;;;/b2-1-,8-7-;;;;;;;. The molecule has 0 saturated carbocycles. The van der Waals surface area contributed by atoms with E-state index in [0.29, 0.717) is 23.8 Å². The average Bonchev–Trinajstić information content (AvgIpc) is 2.99. The van der Waals surface area contributed by atoms with Crippen LogP contribution >= 0.6 is 23.8 Å². The van der Waals surface area contributed by atoms with Gasteiger partial charge in [-0.05, 0) is 85.7 Å². The van der Waals surface area contributed by atoms with Crippen LogP contribution in [0.2, 0.25) is 0 Å². The summed E-state index contributed by atoms with van der Waals surface area (Å²) in [7, 11) is 1.14.